The topological polar surface area (TPSA) is 55.6 Å². The smallest absolute Gasteiger partial charge is 0.318 e. The predicted octanol–water partition coefficient (Wildman–Crippen LogP) is 3.17. The van der Waals surface area contributed by atoms with Crippen LogP contribution >= 0.6 is 0 Å². The van der Waals surface area contributed by atoms with E-state index in [1.807, 2.05) is 12.1 Å². The van der Waals surface area contributed by atoms with Crippen molar-refractivity contribution in [1.29, 1.82) is 0 Å². The Hall–Kier alpha value is -1.71. The van der Waals surface area contributed by atoms with Gasteiger partial charge in [-0.05, 0) is 17.5 Å². The first-order chi connectivity index (χ1) is 9.04. The van der Waals surface area contributed by atoms with Crippen LogP contribution in [0.2, 0.25) is 0 Å². The van der Waals surface area contributed by atoms with E-state index in [0.29, 0.717) is 6.61 Å². The summed E-state index contributed by atoms with van der Waals surface area (Å²) in [5, 5.41) is 0. The molecular formula is C16H24N2O2. The summed E-state index contributed by atoms with van der Waals surface area (Å²) in [4.78, 5) is 12.9. The maximum absolute atomic E-state index is 11.4. The summed E-state index contributed by atoms with van der Waals surface area (Å²) >= 11 is 0. The Morgan fingerprint density at radius 2 is 1.95 bits per heavy atom. The van der Waals surface area contributed by atoms with E-state index in [1.54, 1.807) is 7.05 Å². The summed E-state index contributed by atoms with van der Waals surface area (Å²) in [6.07, 6.45) is 0. The quantitative estimate of drug-likeness (QED) is 0.856. The van der Waals surface area contributed by atoms with Crippen molar-refractivity contribution in [2.24, 2.45) is 5.73 Å². The molecule has 2 N–H and O–H groups in total. The first-order valence-electron chi connectivity index (χ1n) is 6.89. The molecule has 0 saturated heterocycles. The molecule has 20 heavy (non-hydrogen) atoms. The van der Waals surface area contributed by atoms with Crippen molar-refractivity contribution in [3.8, 4) is 5.75 Å². The molecule has 1 aliphatic heterocycles. The fourth-order valence-electron chi connectivity index (χ4n) is 2.48. The molecule has 1 heterocycles. The second-order valence-electron chi connectivity index (χ2n) is 7.19. The molecule has 110 valence electrons. The van der Waals surface area contributed by atoms with Crippen LogP contribution in [0.4, 0.5) is 10.5 Å². The molecule has 1 aliphatic rings. The van der Waals surface area contributed by atoms with Crippen LogP contribution in [-0.2, 0) is 10.8 Å². The van der Waals surface area contributed by atoms with Crippen molar-refractivity contribution in [3.05, 3.63) is 23.3 Å². The van der Waals surface area contributed by atoms with Crippen molar-refractivity contribution in [2.75, 3.05) is 18.6 Å². The Morgan fingerprint density at radius 3 is 2.45 bits per heavy atom. The largest absolute Gasteiger partial charge is 0.492 e. The minimum absolute atomic E-state index is 0.0518. The number of carbonyl (C=O) groups excluding carboxylic acids is 1. The van der Waals surface area contributed by atoms with Gasteiger partial charge in [0.2, 0.25) is 0 Å². The van der Waals surface area contributed by atoms with Gasteiger partial charge in [0.25, 0.3) is 0 Å². The van der Waals surface area contributed by atoms with Crippen molar-refractivity contribution in [1.82, 2.24) is 0 Å². The van der Waals surface area contributed by atoms with Gasteiger partial charge in [0.05, 0.1) is 6.61 Å². The van der Waals surface area contributed by atoms with E-state index in [1.165, 1.54) is 4.90 Å². The molecule has 0 spiro atoms. The van der Waals surface area contributed by atoms with Crippen LogP contribution in [0.1, 0.15) is 45.7 Å². The number of fused-ring (bicyclic) bond motifs is 1. The zero-order valence-corrected chi connectivity index (χ0v) is 13.2. The molecule has 0 radical (unpaired) electrons. The van der Waals surface area contributed by atoms with Gasteiger partial charge < -0.3 is 10.5 Å². The predicted molar refractivity (Wildman–Crippen MR) is 81.6 cm³/mol. The Labute approximate surface area is 120 Å². The maximum Gasteiger partial charge on any atom is 0.318 e. The monoisotopic (exact) mass is 276 g/mol. The Bertz CT molecular complexity index is 556. The van der Waals surface area contributed by atoms with Crippen LogP contribution in [0, 0.1) is 0 Å². The zero-order valence-electron chi connectivity index (χ0n) is 13.2. The molecule has 0 aliphatic carbocycles. The number of benzene rings is 1. The van der Waals surface area contributed by atoms with Gasteiger partial charge in [-0.25, -0.2) is 4.79 Å². The number of nitrogens with two attached hydrogens (primary N) is 1. The lowest BCUT2D eigenvalue weighted by Gasteiger charge is -2.26. The highest BCUT2D eigenvalue weighted by atomic mass is 16.5. The molecule has 2 amide bonds. The standard InChI is InChI=1S/C16H24N2O2/c1-15(2,3)11-7-10(18(6)14(17)19)8-12-13(11)20-9-16(12,4)5/h7-8H,9H2,1-6H3,(H2,17,19). The van der Waals surface area contributed by atoms with Gasteiger partial charge in [0.1, 0.15) is 5.75 Å². The number of carbonyl (C=O) groups is 1. The third-order valence-electron chi connectivity index (χ3n) is 3.91. The third-order valence-corrected chi connectivity index (χ3v) is 3.91. The van der Waals surface area contributed by atoms with E-state index in [0.717, 1.165) is 22.6 Å². The third kappa shape index (κ3) is 2.35. The van der Waals surface area contributed by atoms with Gasteiger partial charge >= 0.3 is 6.03 Å². The van der Waals surface area contributed by atoms with Gasteiger partial charge in [-0.15, -0.1) is 0 Å². The Morgan fingerprint density at radius 1 is 1.35 bits per heavy atom. The molecule has 0 fully saturated rings. The van der Waals surface area contributed by atoms with Crippen LogP contribution < -0.4 is 15.4 Å². The fourth-order valence-corrected chi connectivity index (χ4v) is 2.48. The molecule has 0 bridgehead atoms. The highest BCUT2D eigenvalue weighted by Crippen LogP contribution is 2.46. The fraction of sp³-hybridized carbons (Fsp3) is 0.562. The number of nitrogens with zero attached hydrogens (tertiary/aromatic N) is 1. The van der Waals surface area contributed by atoms with Gasteiger partial charge in [0, 0.05) is 29.3 Å². The summed E-state index contributed by atoms with van der Waals surface area (Å²) in [5.74, 6) is 0.962. The molecule has 1 aromatic rings. The van der Waals surface area contributed by atoms with Crippen LogP contribution in [0.5, 0.6) is 5.75 Å². The second kappa shape index (κ2) is 4.40. The number of rotatable bonds is 1. The molecule has 2 rings (SSSR count). The number of urea groups is 1. The number of amides is 2. The van der Waals surface area contributed by atoms with Crippen molar-refractivity contribution < 1.29 is 9.53 Å². The zero-order chi connectivity index (χ0) is 15.3. The van der Waals surface area contributed by atoms with Crippen molar-refractivity contribution in [3.63, 3.8) is 0 Å². The van der Waals surface area contributed by atoms with Gasteiger partial charge in [-0.2, -0.15) is 0 Å². The molecule has 0 unspecified atom stereocenters. The molecule has 0 saturated carbocycles. The highest BCUT2D eigenvalue weighted by molar-refractivity contribution is 5.90. The van der Waals surface area contributed by atoms with E-state index in [2.05, 4.69) is 34.6 Å². The average molecular weight is 276 g/mol. The minimum Gasteiger partial charge on any atom is -0.492 e. The number of ether oxygens (including phenoxy) is 1. The maximum atomic E-state index is 11.4. The van der Waals surface area contributed by atoms with E-state index >= 15 is 0 Å². The minimum atomic E-state index is -0.457. The number of anilines is 1. The van der Waals surface area contributed by atoms with Crippen molar-refractivity contribution >= 4 is 11.7 Å². The normalized spacial score (nSPS) is 16.5. The highest BCUT2D eigenvalue weighted by Gasteiger charge is 2.36. The van der Waals surface area contributed by atoms with E-state index < -0.39 is 6.03 Å². The summed E-state index contributed by atoms with van der Waals surface area (Å²) in [6, 6.07) is 3.56. The molecule has 4 heteroatoms. The lowest BCUT2D eigenvalue weighted by atomic mass is 9.80. The first kappa shape index (κ1) is 14.7. The summed E-state index contributed by atoms with van der Waals surface area (Å²) in [7, 11) is 1.69. The number of primary amides is 1. The van der Waals surface area contributed by atoms with Gasteiger partial charge in [0.15, 0.2) is 0 Å². The number of hydrogen-bond acceptors (Lipinski definition) is 2. The Balaban J connectivity index is 2.68. The van der Waals surface area contributed by atoms with Crippen LogP contribution in [0.25, 0.3) is 0 Å². The number of hydrogen-bond donors (Lipinski definition) is 1. The second-order valence-corrected chi connectivity index (χ2v) is 7.19. The SMILES string of the molecule is CN(C(N)=O)c1cc(C(C)(C)C)c2c(c1)C(C)(C)CO2. The van der Waals surface area contributed by atoms with Crippen LogP contribution in [-0.4, -0.2) is 19.7 Å². The summed E-state index contributed by atoms with van der Waals surface area (Å²) < 4.78 is 5.93. The molecule has 0 aromatic heterocycles. The molecule has 1 aromatic carbocycles. The van der Waals surface area contributed by atoms with Crippen molar-refractivity contribution in [2.45, 2.75) is 45.4 Å². The van der Waals surface area contributed by atoms with Gasteiger partial charge in [-0.1, -0.05) is 34.6 Å². The summed E-state index contributed by atoms with van der Waals surface area (Å²) in [5.41, 5.74) is 8.37. The molecule has 0 atom stereocenters. The average Bonchev–Trinajstić information content (AvgIpc) is 2.62. The lowest BCUT2D eigenvalue weighted by Crippen LogP contribution is -2.32. The molecular weight excluding hydrogens is 252 g/mol. The summed E-state index contributed by atoms with van der Waals surface area (Å²) in [6.45, 7) is 11.4. The van der Waals surface area contributed by atoms with E-state index in [9.17, 15) is 4.79 Å². The van der Waals surface area contributed by atoms with Crippen LogP contribution in [0.3, 0.4) is 0 Å². The van der Waals surface area contributed by atoms with Crippen LogP contribution in [0.15, 0.2) is 12.1 Å². The van der Waals surface area contributed by atoms with E-state index in [4.69, 9.17) is 10.5 Å². The first-order valence-corrected chi connectivity index (χ1v) is 6.89. The molecule has 4 nitrogen and oxygen atoms in total. The lowest BCUT2D eigenvalue weighted by molar-refractivity contribution is 0.255. The van der Waals surface area contributed by atoms with Gasteiger partial charge in [-0.3, -0.25) is 4.90 Å². The Kier molecular flexibility index (Phi) is 3.23. The van der Waals surface area contributed by atoms with E-state index in [-0.39, 0.29) is 10.8 Å².